The summed E-state index contributed by atoms with van der Waals surface area (Å²) in [6.07, 6.45) is 2.28. The number of phenols is 1. The van der Waals surface area contributed by atoms with E-state index in [0.29, 0.717) is 25.4 Å². The Morgan fingerprint density at radius 3 is 2.52 bits per heavy atom. The maximum absolute atomic E-state index is 12.9. The van der Waals surface area contributed by atoms with Gasteiger partial charge in [-0.25, -0.2) is 4.39 Å². The third kappa shape index (κ3) is 3.93. The highest BCUT2D eigenvalue weighted by Crippen LogP contribution is 2.25. The number of aromatic hydroxyl groups is 1. The second-order valence-corrected chi connectivity index (χ2v) is 5.33. The summed E-state index contributed by atoms with van der Waals surface area (Å²) in [6.45, 7) is 1.06. The van der Waals surface area contributed by atoms with Crippen LogP contribution in [0.25, 0.3) is 0 Å². The van der Waals surface area contributed by atoms with Crippen molar-refractivity contribution < 1.29 is 24.2 Å². The van der Waals surface area contributed by atoms with Crippen LogP contribution in [0.4, 0.5) is 4.39 Å². The zero-order valence-electron chi connectivity index (χ0n) is 11.6. The second-order valence-electron chi connectivity index (χ2n) is 5.33. The van der Waals surface area contributed by atoms with Crippen molar-refractivity contribution in [2.24, 2.45) is 5.92 Å². The van der Waals surface area contributed by atoms with Crippen molar-refractivity contribution in [2.45, 2.75) is 25.7 Å². The number of rotatable bonds is 4. The van der Waals surface area contributed by atoms with Gasteiger partial charge in [-0.15, -0.1) is 0 Å². The highest BCUT2D eigenvalue weighted by Gasteiger charge is 2.25. The number of hydrogen-bond acceptors (Lipinski definition) is 3. The molecule has 1 heterocycles. The van der Waals surface area contributed by atoms with E-state index >= 15 is 0 Å². The molecule has 1 saturated heterocycles. The van der Waals surface area contributed by atoms with Crippen LogP contribution in [0, 0.1) is 11.7 Å². The fourth-order valence-electron chi connectivity index (χ4n) is 2.61. The summed E-state index contributed by atoms with van der Waals surface area (Å²) in [5.41, 5.74) is 0.0976. The number of carboxylic acids is 1. The molecule has 0 atom stereocenters. The minimum absolute atomic E-state index is 0.0976. The molecule has 1 aromatic rings. The van der Waals surface area contributed by atoms with Crippen molar-refractivity contribution in [2.75, 3.05) is 13.1 Å². The number of carboxylic acid groups (broad SMARTS) is 1. The van der Waals surface area contributed by atoms with E-state index in [4.69, 9.17) is 5.11 Å². The minimum Gasteiger partial charge on any atom is -0.507 e. The monoisotopic (exact) mass is 295 g/mol. The number of carbonyl (C=O) groups excluding carboxylic acids is 1. The Hall–Kier alpha value is -2.11. The van der Waals surface area contributed by atoms with E-state index in [1.807, 2.05) is 0 Å². The van der Waals surface area contributed by atoms with Crippen molar-refractivity contribution in [1.29, 1.82) is 0 Å². The fourth-order valence-corrected chi connectivity index (χ4v) is 2.61. The van der Waals surface area contributed by atoms with Gasteiger partial charge in [0.2, 0.25) is 0 Å². The predicted molar refractivity (Wildman–Crippen MR) is 73.6 cm³/mol. The number of piperidine rings is 1. The largest absolute Gasteiger partial charge is 0.507 e. The van der Waals surface area contributed by atoms with Crippen LogP contribution in [-0.2, 0) is 4.79 Å². The summed E-state index contributed by atoms with van der Waals surface area (Å²) in [7, 11) is 0. The van der Waals surface area contributed by atoms with Crippen LogP contribution in [0.1, 0.15) is 36.0 Å². The van der Waals surface area contributed by atoms with Crippen molar-refractivity contribution in [3.05, 3.63) is 29.6 Å². The van der Waals surface area contributed by atoms with E-state index in [2.05, 4.69) is 0 Å². The number of likely N-dealkylation sites (tertiary alicyclic amines) is 1. The average molecular weight is 295 g/mol. The molecule has 0 aromatic heterocycles. The Bertz CT molecular complexity index is 538. The molecule has 0 saturated carbocycles. The Labute approximate surface area is 122 Å². The molecule has 2 N–H and O–H groups in total. The maximum Gasteiger partial charge on any atom is 0.303 e. The number of halogens is 1. The van der Waals surface area contributed by atoms with Crippen LogP contribution < -0.4 is 0 Å². The van der Waals surface area contributed by atoms with Crippen LogP contribution in [0.5, 0.6) is 5.75 Å². The molecular weight excluding hydrogens is 277 g/mol. The molecule has 0 spiro atoms. The SMILES string of the molecule is O=C(O)CCC1CCN(C(=O)c2ccc(F)cc2O)CC1. The molecule has 0 bridgehead atoms. The summed E-state index contributed by atoms with van der Waals surface area (Å²) in [5.74, 6) is -1.75. The Kier molecular flexibility index (Phi) is 4.77. The first-order valence-corrected chi connectivity index (χ1v) is 6.97. The summed E-state index contributed by atoms with van der Waals surface area (Å²) in [5, 5.41) is 18.3. The number of hydrogen-bond donors (Lipinski definition) is 2. The average Bonchev–Trinajstić information content (AvgIpc) is 2.45. The topological polar surface area (TPSA) is 77.8 Å². The van der Waals surface area contributed by atoms with Gasteiger partial charge in [0, 0.05) is 25.6 Å². The van der Waals surface area contributed by atoms with E-state index in [0.717, 1.165) is 25.0 Å². The third-order valence-corrected chi connectivity index (χ3v) is 3.86. The molecule has 0 unspecified atom stereocenters. The lowest BCUT2D eigenvalue weighted by molar-refractivity contribution is -0.137. The minimum atomic E-state index is -0.801. The van der Waals surface area contributed by atoms with Gasteiger partial charge in [0.15, 0.2) is 0 Å². The lowest BCUT2D eigenvalue weighted by Gasteiger charge is -2.32. The first-order chi connectivity index (χ1) is 9.97. The summed E-state index contributed by atoms with van der Waals surface area (Å²) in [6, 6.07) is 3.35. The van der Waals surface area contributed by atoms with Crippen molar-refractivity contribution >= 4 is 11.9 Å². The molecule has 21 heavy (non-hydrogen) atoms. The van der Waals surface area contributed by atoms with Crippen molar-refractivity contribution in [1.82, 2.24) is 4.90 Å². The molecule has 6 heteroatoms. The zero-order chi connectivity index (χ0) is 15.4. The van der Waals surface area contributed by atoms with Gasteiger partial charge in [-0.3, -0.25) is 9.59 Å². The van der Waals surface area contributed by atoms with Gasteiger partial charge in [-0.1, -0.05) is 0 Å². The molecule has 1 amide bonds. The van der Waals surface area contributed by atoms with Gasteiger partial charge in [-0.2, -0.15) is 0 Å². The maximum atomic E-state index is 12.9. The number of nitrogens with zero attached hydrogens (tertiary/aromatic N) is 1. The number of aliphatic carboxylic acids is 1. The lowest BCUT2D eigenvalue weighted by atomic mass is 9.92. The predicted octanol–water partition coefficient (Wildman–Crippen LogP) is 2.25. The van der Waals surface area contributed by atoms with E-state index < -0.39 is 11.8 Å². The van der Waals surface area contributed by atoms with E-state index in [-0.39, 0.29) is 23.6 Å². The fraction of sp³-hybridized carbons (Fsp3) is 0.467. The molecule has 2 rings (SSSR count). The number of phenolic OH excluding ortho intramolecular Hbond substituents is 1. The van der Waals surface area contributed by atoms with Crippen LogP contribution in [0.2, 0.25) is 0 Å². The summed E-state index contributed by atoms with van der Waals surface area (Å²) >= 11 is 0. The number of amides is 1. The first kappa shape index (κ1) is 15.3. The van der Waals surface area contributed by atoms with Gasteiger partial charge >= 0.3 is 5.97 Å². The first-order valence-electron chi connectivity index (χ1n) is 6.97. The van der Waals surface area contributed by atoms with Gasteiger partial charge in [0.1, 0.15) is 11.6 Å². The van der Waals surface area contributed by atoms with E-state index in [1.54, 1.807) is 4.90 Å². The van der Waals surface area contributed by atoms with E-state index in [1.165, 1.54) is 6.07 Å². The molecular formula is C15H18FNO4. The highest BCUT2D eigenvalue weighted by atomic mass is 19.1. The molecule has 1 aliphatic heterocycles. The smallest absolute Gasteiger partial charge is 0.303 e. The van der Waals surface area contributed by atoms with Gasteiger partial charge in [0.25, 0.3) is 5.91 Å². The highest BCUT2D eigenvalue weighted by molar-refractivity contribution is 5.96. The van der Waals surface area contributed by atoms with Crippen LogP contribution in [0.3, 0.4) is 0 Å². The number of benzene rings is 1. The van der Waals surface area contributed by atoms with Gasteiger partial charge in [0.05, 0.1) is 5.56 Å². The molecule has 5 nitrogen and oxygen atoms in total. The van der Waals surface area contributed by atoms with Crippen LogP contribution in [-0.4, -0.2) is 40.1 Å². The van der Waals surface area contributed by atoms with Crippen molar-refractivity contribution in [3.8, 4) is 5.75 Å². The Morgan fingerprint density at radius 1 is 1.29 bits per heavy atom. The molecule has 0 aliphatic carbocycles. The Balaban J connectivity index is 1.92. The van der Waals surface area contributed by atoms with Crippen molar-refractivity contribution in [3.63, 3.8) is 0 Å². The normalized spacial score (nSPS) is 16.0. The Morgan fingerprint density at radius 2 is 1.95 bits per heavy atom. The lowest BCUT2D eigenvalue weighted by Crippen LogP contribution is -2.38. The molecule has 114 valence electrons. The molecule has 0 radical (unpaired) electrons. The summed E-state index contributed by atoms with van der Waals surface area (Å²) in [4.78, 5) is 24.4. The van der Waals surface area contributed by atoms with Gasteiger partial charge in [-0.05, 0) is 37.3 Å². The van der Waals surface area contributed by atoms with E-state index in [9.17, 15) is 19.1 Å². The van der Waals surface area contributed by atoms with Crippen LogP contribution in [0.15, 0.2) is 18.2 Å². The van der Waals surface area contributed by atoms with Gasteiger partial charge < -0.3 is 15.1 Å². The molecule has 1 aliphatic rings. The number of carbonyl (C=O) groups is 2. The standard InChI is InChI=1S/C15H18FNO4/c16-11-2-3-12(13(18)9-11)15(21)17-7-5-10(6-8-17)1-4-14(19)20/h2-3,9-10,18H,1,4-8H2,(H,19,20). The third-order valence-electron chi connectivity index (χ3n) is 3.86. The van der Waals surface area contributed by atoms with Crippen LogP contribution >= 0.6 is 0 Å². The summed E-state index contributed by atoms with van der Waals surface area (Å²) < 4.78 is 12.9. The zero-order valence-corrected chi connectivity index (χ0v) is 11.6. The second kappa shape index (κ2) is 6.56. The molecule has 1 fully saturated rings. The quantitative estimate of drug-likeness (QED) is 0.893. The molecule has 1 aromatic carbocycles.